The van der Waals surface area contributed by atoms with Crippen LogP contribution in [0.5, 0.6) is 34.5 Å². The summed E-state index contributed by atoms with van der Waals surface area (Å²) in [4.78, 5) is 0. The molecule has 4 rings (SSSR count). The predicted octanol–water partition coefficient (Wildman–Crippen LogP) is 2.72. The maximum atomic E-state index is 10.3. The van der Waals surface area contributed by atoms with Gasteiger partial charge >= 0.3 is 0 Å². The number of hydrogen-bond acceptors (Lipinski definition) is 6. The van der Waals surface area contributed by atoms with Crippen molar-refractivity contribution < 1.29 is 29.2 Å². The van der Waals surface area contributed by atoms with Crippen LogP contribution in [0, 0.1) is 0 Å². The highest BCUT2D eigenvalue weighted by Gasteiger charge is 2.43. The Labute approximate surface area is 132 Å². The summed E-state index contributed by atoms with van der Waals surface area (Å²) in [6.07, 6.45) is -0.304. The minimum Gasteiger partial charge on any atom is -0.507 e. The van der Waals surface area contributed by atoms with Gasteiger partial charge < -0.3 is 29.2 Å². The lowest BCUT2D eigenvalue weighted by Gasteiger charge is -2.28. The molecule has 2 heterocycles. The fraction of sp³-hybridized carbons (Fsp3) is 0.294. The normalized spacial score (nSPS) is 20.6. The molecule has 6 nitrogen and oxygen atoms in total. The summed E-state index contributed by atoms with van der Waals surface area (Å²) in [5.74, 6) is 2.05. The van der Waals surface area contributed by atoms with Crippen molar-refractivity contribution in [2.75, 3.05) is 20.8 Å². The van der Waals surface area contributed by atoms with E-state index < -0.39 is 0 Å². The van der Waals surface area contributed by atoms with Gasteiger partial charge in [0.1, 0.15) is 29.1 Å². The summed E-state index contributed by atoms with van der Waals surface area (Å²) >= 11 is 0. The zero-order valence-corrected chi connectivity index (χ0v) is 12.7. The predicted molar refractivity (Wildman–Crippen MR) is 80.9 cm³/mol. The highest BCUT2D eigenvalue weighted by atomic mass is 16.5. The number of aromatic hydroxyl groups is 2. The van der Waals surface area contributed by atoms with Gasteiger partial charge in [-0.2, -0.15) is 0 Å². The van der Waals surface area contributed by atoms with Crippen molar-refractivity contribution in [2.45, 2.75) is 12.0 Å². The molecule has 120 valence electrons. The van der Waals surface area contributed by atoms with Gasteiger partial charge in [0.25, 0.3) is 0 Å². The van der Waals surface area contributed by atoms with Gasteiger partial charge in [-0.1, -0.05) is 0 Å². The Bertz CT molecular complexity index is 785. The third-order valence-corrected chi connectivity index (χ3v) is 4.36. The van der Waals surface area contributed by atoms with Crippen LogP contribution in [0.3, 0.4) is 0 Å². The van der Waals surface area contributed by atoms with Crippen LogP contribution in [0.2, 0.25) is 0 Å². The average molecular weight is 316 g/mol. The van der Waals surface area contributed by atoms with Crippen molar-refractivity contribution in [3.63, 3.8) is 0 Å². The fourth-order valence-corrected chi connectivity index (χ4v) is 3.25. The molecule has 6 heteroatoms. The molecule has 0 amide bonds. The van der Waals surface area contributed by atoms with Crippen LogP contribution in [0.4, 0.5) is 0 Å². The smallest absolute Gasteiger partial charge is 0.161 e. The van der Waals surface area contributed by atoms with E-state index in [4.69, 9.17) is 18.9 Å². The molecular weight excluding hydrogens is 300 g/mol. The van der Waals surface area contributed by atoms with Crippen LogP contribution in [-0.4, -0.2) is 31.0 Å². The second-order valence-corrected chi connectivity index (χ2v) is 5.58. The number of benzene rings is 2. The molecule has 0 spiro atoms. The van der Waals surface area contributed by atoms with Crippen molar-refractivity contribution in [2.24, 2.45) is 0 Å². The molecule has 2 N–H and O–H groups in total. The molecule has 0 saturated heterocycles. The number of fused-ring (bicyclic) bond motifs is 5. The fourth-order valence-electron chi connectivity index (χ4n) is 3.25. The van der Waals surface area contributed by atoms with Gasteiger partial charge in [-0.3, -0.25) is 0 Å². The molecule has 2 unspecified atom stereocenters. The number of phenols is 2. The van der Waals surface area contributed by atoms with Crippen LogP contribution in [0.1, 0.15) is 23.1 Å². The lowest BCUT2D eigenvalue weighted by molar-refractivity contribution is 0.138. The van der Waals surface area contributed by atoms with Crippen molar-refractivity contribution >= 4 is 0 Å². The Morgan fingerprint density at radius 2 is 1.83 bits per heavy atom. The Morgan fingerprint density at radius 3 is 2.57 bits per heavy atom. The Hall–Kier alpha value is -2.76. The molecule has 0 fully saturated rings. The maximum Gasteiger partial charge on any atom is 0.161 e. The van der Waals surface area contributed by atoms with Gasteiger partial charge in [-0.05, 0) is 6.07 Å². The third kappa shape index (κ3) is 1.94. The number of ether oxygens (including phenoxy) is 4. The van der Waals surface area contributed by atoms with Crippen molar-refractivity contribution in [3.8, 4) is 34.5 Å². The molecule has 0 bridgehead atoms. The summed E-state index contributed by atoms with van der Waals surface area (Å²) in [6, 6.07) is 6.56. The van der Waals surface area contributed by atoms with E-state index in [0.717, 1.165) is 5.56 Å². The first-order chi connectivity index (χ1) is 11.1. The number of hydrogen-bond donors (Lipinski definition) is 2. The van der Waals surface area contributed by atoms with Crippen molar-refractivity contribution in [1.82, 2.24) is 0 Å². The zero-order valence-electron chi connectivity index (χ0n) is 12.7. The summed E-state index contributed by atoms with van der Waals surface area (Å²) < 4.78 is 22.1. The molecule has 0 radical (unpaired) electrons. The van der Waals surface area contributed by atoms with Crippen LogP contribution in [0.15, 0.2) is 24.3 Å². The lowest BCUT2D eigenvalue weighted by atomic mass is 9.88. The zero-order chi connectivity index (χ0) is 16.1. The Kier molecular flexibility index (Phi) is 2.94. The van der Waals surface area contributed by atoms with Crippen LogP contribution >= 0.6 is 0 Å². The first kappa shape index (κ1) is 13.9. The second kappa shape index (κ2) is 4.87. The van der Waals surface area contributed by atoms with Gasteiger partial charge in [-0.25, -0.2) is 0 Å². The molecule has 2 aliphatic rings. The minimum atomic E-state index is -0.304. The molecule has 0 aromatic heterocycles. The standard InChI is InChI=1S/C17H16O6/c1-20-8-3-12(19)16-10-7-22-13-6-11(18)14(21-2)5-9(13)17(10)23-15(16)4-8/h3-6,10,17-19H,7H2,1-2H3. The highest BCUT2D eigenvalue weighted by Crippen LogP contribution is 2.55. The average Bonchev–Trinajstić information content (AvgIpc) is 2.93. The monoisotopic (exact) mass is 316 g/mol. The Balaban J connectivity index is 1.81. The Morgan fingerprint density at radius 1 is 1.00 bits per heavy atom. The van der Waals surface area contributed by atoms with Gasteiger partial charge in [0.15, 0.2) is 11.5 Å². The van der Waals surface area contributed by atoms with Gasteiger partial charge in [0.05, 0.1) is 26.7 Å². The van der Waals surface area contributed by atoms with Gasteiger partial charge in [-0.15, -0.1) is 0 Å². The minimum absolute atomic E-state index is 0.0183. The topological polar surface area (TPSA) is 77.4 Å². The third-order valence-electron chi connectivity index (χ3n) is 4.36. The number of phenolic OH excluding ortho intramolecular Hbond substituents is 2. The molecule has 0 aliphatic carbocycles. The summed E-state index contributed by atoms with van der Waals surface area (Å²) in [6.45, 7) is 0.357. The SMILES string of the molecule is COc1cc(O)c2c(c1)OC1c3cc(OC)c(O)cc3OCC21. The molecule has 2 aromatic rings. The summed E-state index contributed by atoms with van der Waals surface area (Å²) in [5.41, 5.74) is 1.50. The van der Waals surface area contributed by atoms with Gasteiger partial charge in [0, 0.05) is 29.3 Å². The van der Waals surface area contributed by atoms with E-state index in [2.05, 4.69) is 0 Å². The summed E-state index contributed by atoms with van der Waals surface area (Å²) in [7, 11) is 3.03. The first-order valence-electron chi connectivity index (χ1n) is 7.23. The van der Waals surface area contributed by atoms with E-state index in [1.165, 1.54) is 20.3 Å². The maximum absolute atomic E-state index is 10.3. The molecule has 0 saturated carbocycles. The van der Waals surface area contributed by atoms with Crippen LogP contribution < -0.4 is 18.9 Å². The van der Waals surface area contributed by atoms with Crippen molar-refractivity contribution in [3.05, 3.63) is 35.4 Å². The van der Waals surface area contributed by atoms with E-state index in [0.29, 0.717) is 35.2 Å². The number of methoxy groups -OCH3 is 2. The molecule has 2 aromatic carbocycles. The molecule has 2 atom stereocenters. The summed E-state index contributed by atoms with van der Waals surface area (Å²) in [5, 5.41) is 20.2. The second-order valence-electron chi connectivity index (χ2n) is 5.58. The van der Waals surface area contributed by atoms with Crippen molar-refractivity contribution in [1.29, 1.82) is 0 Å². The quantitative estimate of drug-likeness (QED) is 0.887. The van der Waals surface area contributed by atoms with Gasteiger partial charge in [0.2, 0.25) is 0 Å². The van der Waals surface area contributed by atoms with E-state index in [9.17, 15) is 10.2 Å². The van der Waals surface area contributed by atoms with E-state index in [1.807, 2.05) is 0 Å². The van der Waals surface area contributed by atoms with Crippen LogP contribution in [0.25, 0.3) is 0 Å². The van der Waals surface area contributed by atoms with E-state index >= 15 is 0 Å². The first-order valence-corrected chi connectivity index (χ1v) is 7.23. The lowest BCUT2D eigenvalue weighted by Crippen LogP contribution is -2.23. The van der Waals surface area contributed by atoms with Crippen LogP contribution in [-0.2, 0) is 0 Å². The van der Waals surface area contributed by atoms with E-state index in [-0.39, 0.29) is 23.5 Å². The number of rotatable bonds is 2. The molecular formula is C17H16O6. The molecule has 2 aliphatic heterocycles. The largest absolute Gasteiger partial charge is 0.507 e. The van der Waals surface area contributed by atoms with E-state index in [1.54, 1.807) is 18.2 Å². The molecule has 23 heavy (non-hydrogen) atoms. The highest BCUT2D eigenvalue weighted by molar-refractivity contribution is 5.59.